The Balaban J connectivity index is 1.75. The van der Waals surface area contributed by atoms with E-state index in [9.17, 15) is 0 Å². The molecule has 1 aliphatic rings. The summed E-state index contributed by atoms with van der Waals surface area (Å²) in [5.41, 5.74) is 3.21. The number of rotatable bonds is 4. The molecule has 0 N–H and O–H groups in total. The Morgan fingerprint density at radius 2 is 2.06 bits per heavy atom. The molecule has 1 aromatic carbocycles. The first-order chi connectivity index (χ1) is 8.72. The minimum absolute atomic E-state index is 0.292. The van der Waals surface area contributed by atoms with Crippen molar-refractivity contribution in [1.29, 1.82) is 0 Å². The van der Waals surface area contributed by atoms with Crippen molar-refractivity contribution in [2.45, 2.75) is 20.0 Å². The number of epoxide rings is 1. The van der Waals surface area contributed by atoms with E-state index in [4.69, 9.17) is 9.47 Å². The zero-order chi connectivity index (χ0) is 12.5. The van der Waals surface area contributed by atoms with Gasteiger partial charge in [0, 0.05) is 5.69 Å². The van der Waals surface area contributed by atoms with E-state index >= 15 is 0 Å². The zero-order valence-corrected chi connectivity index (χ0v) is 10.6. The lowest BCUT2D eigenvalue weighted by atomic mass is 10.3. The van der Waals surface area contributed by atoms with Gasteiger partial charge in [0.05, 0.1) is 18.0 Å². The summed E-state index contributed by atoms with van der Waals surface area (Å²) < 4.78 is 12.6. The van der Waals surface area contributed by atoms with Gasteiger partial charge in [0.25, 0.3) is 0 Å². The summed E-state index contributed by atoms with van der Waals surface area (Å²) in [5, 5.41) is 4.45. The Labute approximate surface area is 106 Å². The van der Waals surface area contributed by atoms with Crippen molar-refractivity contribution in [3.8, 4) is 11.4 Å². The monoisotopic (exact) mass is 244 g/mol. The number of hydrogen-bond donors (Lipinski definition) is 0. The van der Waals surface area contributed by atoms with Crippen LogP contribution in [0.2, 0.25) is 0 Å². The number of ether oxygens (including phenoxy) is 2. The molecular weight excluding hydrogens is 228 g/mol. The molecule has 0 aliphatic carbocycles. The summed E-state index contributed by atoms with van der Waals surface area (Å²) in [6.07, 6.45) is 0.292. The lowest BCUT2D eigenvalue weighted by Crippen LogP contribution is -2.04. The first kappa shape index (κ1) is 11.3. The smallest absolute Gasteiger partial charge is 0.119 e. The van der Waals surface area contributed by atoms with E-state index < -0.39 is 0 Å². The van der Waals surface area contributed by atoms with Crippen molar-refractivity contribution in [3.05, 3.63) is 41.7 Å². The van der Waals surface area contributed by atoms with Crippen LogP contribution in [0.4, 0.5) is 0 Å². The maximum absolute atomic E-state index is 5.60. The summed E-state index contributed by atoms with van der Waals surface area (Å²) in [6, 6.07) is 10.0. The summed E-state index contributed by atoms with van der Waals surface area (Å²) in [4.78, 5) is 0. The fourth-order valence-electron chi connectivity index (χ4n) is 1.93. The minimum atomic E-state index is 0.292. The maximum Gasteiger partial charge on any atom is 0.119 e. The van der Waals surface area contributed by atoms with Gasteiger partial charge in [0.15, 0.2) is 0 Å². The van der Waals surface area contributed by atoms with E-state index in [1.54, 1.807) is 0 Å². The molecule has 0 radical (unpaired) electrons. The second kappa shape index (κ2) is 4.46. The molecule has 94 valence electrons. The first-order valence-electron chi connectivity index (χ1n) is 6.10. The van der Waals surface area contributed by atoms with Crippen LogP contribution < -0.4 is 4.74 Å². The topological polar surface area (TPSA) is 39.6 Å². The van der Waals surface area contributed by atoms with E-state index in [0.717, 1.165) is 29.4 Å². The molecule has 4 nitrogen and oxygen atoms in total. The van der Waals surface area contributed by atoms with Crippen molar-refractivity contribution in [2.24, 2.45) is 0 Å². The Bertz CT molecular complexity index is 541. The fourth-order valence-corrected chi connectivity index (χ4v) is 1.93. The van der Waals surface area contributed by atoms with Gasteiger partial charge >= 0.3 is 0 Å². The van der Waals surface area contributed by atoms with Crippen LogP contribution in [0.5, 0.6) is 5.75 Å². The SMILES string of the molecule is Cc1cc(C)n(-c2ccc(OCC3CO3)cc2)n1. The van der Waals surface area contributed by atoms with Crippen LogP contribution in [0.3, 0.4) is 0 Å². The molecule has 0 saturated carbocycles. The second-order valence-electron chi connectivity index (χ2n) is 4.60. The lowest BCUT2D eigenvalue weighted by Gasteiger charge is -2.07. The Kier molecular flexibility index (Phi) is 2.80. The molecule has 18 heavy (non-hydrogen) atoms. The highest BCUT2D eigenvalue weighted by atomic mass is 16.6. The average Bonchev–Trinajstić information content (AvgIpc) is 3.13. The summed E-state index contributed by atoms with van der Waals surface area (Å²) in [6.45, 7) is 5.51. The van der Waals surface area contributed by atoms with Gasteiger partial charge in [0.1, 0.15) is 18.5 Å². The van der Waals surface area contributed by atoms with Gasteiger partial charge in [-0.3, -0.25) is 0 Å². The standard InChI is InChI=1S/C14H16N2O2/c1-10-7-11(2)16(15-10)12-3-5-13(6-4-12)17-8-14-9-18-14/h3-7,14H,8-9H2,1-2H3. The second-order valence-corrected chi connectivity index (χ2v) is 4.60. The normalized spacial score (nSPS) is 17.8. The summed E-state index contributed by atoms with van der Waals surface area (Å²) in [7, 11) is 0. The fraction of sp³-hybridized carbons (Fsp3) is 0.357. The number of hydrogen-bond acceptors (Lipinski definition) is 3. The van der Waals surface area contributed by atoms with Gasteiger partial charge < -0.3 is 9.47 Å². The number of aromatic nitrogens is 2. The number of aryl methyl sites for hydroxylation is 2. The summed E-state index contributed by atoms with van der Waals surface area (Å²) >= 11 is 0. The van der Waals surface area contributed by atoms with Crippen LogP contribution in [0.1, 0.15) is 11.4 Å². The predicted octanol–water partition coefficient (Wildman–Crippen LogP) is 2.27. The van der Waals surface area contributed by atoms with Gasteiger partial charge in [0.2, 0.25) is 0 Å². The highest BCUT2D eigenvalue weighted by Crippen LogP contribution is 2.18. The molecule has 1 fully saturated rings. The molecular formula is C14H16N2O2. The summed E-state index contributed by atoms with van der Waals surface area (Å²) in [5.74, 6) is 0.871. The highest BCUT2D eigenvalue weighted by molar-refractivity contribution is 5.38. The highest BCUT2D eigenvalue weighted by Gasteiger charge is 2.22. The number of benzene rings is 1. The Hall–Kier alpha value is -1.81. The third-order valence-electron chi connectivity index (χ3n) is 2.93. The van der Waals surface area contributed by atoms with Gasteiger partial charge in [-0.25, -0.2) is 4.68 Å². The molecule has 1 aliphatic heterocycles. The van der Waals surface area contributed by atoms with E-state index in [1.165, 1.54) is 0 Å². The van der Waals surface area contributed by atoms with Crippen molar-refractivity contribution in [1.82, 2.24) is 9.78 Å². The van der Waals surface area contributed by atoms with Crippen LogP contribution in [0, 0.1) is 13.8 Å². The molecule has 2 aromatic rings. The Morgan fingerprint density at radius 3 is 2.61 bits per heavy atom. The van der Waals surface area contributed by atoms with Crippen LogP contribution in [0.25, 0.3) is 5.69 Å². The molecule has 0 bridgehead atoms. The van der Waals surface area contributed by atoms with Crippen LogP contribution in [-0.4, -0.2) is 29.1 Å². The van der Waals surface area contributed by atoms with Gasteiger partial charge in [-0.05, 0) is 44.2 Å². The average molecular weight is 244 g/mol. The van der Waals surface area contributed by atoms with Crippen molar-refractivity contribution < 1.29 is 9.47 Å². The van der Waals surface area contributed by atoms with Crippen LogP contribution in [-0.2, 0) is 4.74 Å². The van der Waals surface area contributed by atoms with Gasteiger partial charge in [-0.1, -0.05) is 0 Å². The van der Waals surface area contributed by atoms with Gasteiger partial charge in [-0.2, -0.15) is 5.10 Å². The van der Waals surface area contributed by atoms with Crippen LogP contribution in [0.15, 0.2) is 30.3 Å². The lowest BCUT2D eigenvalue weighted by molar-refractivity contribution is 0.263. The molecule has 2 heterocycles. The third-order valence-corrected chi connectivity index (χ3v) is 2.93. The third kappa shape index (κ3) is 2.38. The molecule has 1 saturated heterocycles. The quantitative estimate of drug-likeness (QED) is 0.774. The van der Waals surface area contributed by atoms with Crippen molar-refractivity contribution >= 4 is 0 Å². The minimum Gasteiger partial charge on any atom is -0.491 e. The van der Waals surface area contributed by atoms with E-state index in [1.807, 2.05) is 35.9 Å². The van der Waals surface area contributed by atoms with Gasteiger partial charge in [-0.15, -0.1) is 0 Å². The van der Waals surface area contributed by atoms with Crippen molar-refractivity contribution in [2.75, 3.05) is 13.2 Å². The van der Waals surface area contributed by atoms with E-state index in [0.29, 0.717) is 12.7 Å². The van der Waals surface area contributed by atoms with Crippen molar-refractivity contribution in [3.63, 3.8) is 0 Å². The largest absolute Gasteiger partial charge is 0.491 e. The van der Waals surface area contributed by atoms with E-state index in [2.05, 4.69) is 18.1 Å². The molecule has 0 spiro atoms. The number of nitrogens with zero attached hydrogens (tertiary/aromatic N) is 2. The molecule has 4 heteroatoms. The van der Waals surface area contributed by atoms with Crippen LogP contribution >= 0.6 is 0 Å². The molecule has 3 rings (SSSR count). The zero-order valence-electron chi connectivity index (χ0n) is 10.6. The maximum atomic E-state index is 5.60. The first-order valence-corrected chi connectivity index (χ1v) is 6.10. The molecule has 1 atom stereocenters. The Morgan fingerprint density at radius 1 is 1.33 bits per heavy atom. The predicted molar refractivity (Wildman–Crippen MR) is 68.3 cm³/mol. The molecule has 1 unspecified atom stereocenters. The molecule has 0 amide bonds. The molecule has 1 aromatic heterocycles. The van der Waals surface area contributed by atoms with E-state index in [-0.39, 0.29) is 0 Å².